The molecule has 0 aromatic rings. The second kappa shape index (κ2) is 11.2. The molecule has 9 N–H and O–H groups in total. The Kier molecular flexibility index (Phi) is 9.54. The maximum atomic E-state index is 12.0. The highest BCUT2D eigenvalue weighted by Gasteiger charge is 2.50. The molecular formula is C18H33NO12. The fourth-order valence-electron chi connectivity index (χ4n) is 3.43. The second-order valence-corrected chi connectivity index (χ2v) is 8.21. The topological polar surface area (TPSA) is 222 Å². The zero-order chi connectivity index (χ0) is 23.5. The zero-order valence-corrected chi connectivity index (χ0v) is 17.3. The molecule has 0 radical (unpaired) electrons. The molecule has 2 saturated heterocycles. The number of aliphatic hydroxyl groups excluding tert-OH is 7. The maximum absolute atomic E-state index is 12.0. The molecular weight excluding hydrogens is 422 g/mol. The average Bonchev–Trinajstić information content (AvgIpc) is 2.72. The van der Waals surface area contributed by atoms with E-state index in [-0.39, 0.29) is 5.92 Å². The summed E-state index contributed by atoms with van der Waals surface area (Å²) in [5.74, 6) is -0.595. The summed E-state index contributed by atoms with van der Waals surface area (Å²) in [5, 5.41) is 69.4. The van der Waals surface area contributed by atoms with Crippen LogP contribution in [0.25, 0.3) is 0 Å². The Morgan fingerprint density at radius 2 is 1.58 bits per heavy atom. The van der Waals surface area contributed by atoms with Crippen LogP contribution >= 0.6 is 0 Å². The van der Waals surface area contributed by atoms with Crippen molar-refractivity contribution >= 4 is 5.97 Å². The van der Waals surface area contributed by atoms with Crippen molar-refractivity contribution in [2.24, 2.45) is 11.7 Å². The van der Waals surface area contributed by atoms with Gasteiger partial charge in [0, 0.05) is 0 Å². The van der Waals surface area contributed by atoms with Gasteiger partial charge in [0.1, 0.15) is 61.5 Å². The largest absolute Gasteiger partial charge is 0.462 e. The molecule has 182 valence electrons. The van der Waals surface area contributed by atoms with E-state index in [4.69, 9.17) is 24.7 Å². The van der Waals surface area contributed by atoms with E-state index in [0.29, 0.717) is 6.42 Å². The molecule has 31 heavy (non-hydrogen) atoms. The minimum atomic E-state index is -1.79. The molecule has 0 saturated carbocycles. The first-order chi connectivity index (χ1) is 14.5. The predicted molar refractivity (Wildman–Crippen MR) is 99.9 cm³/mol. The van der Waals surface area contributed by atoms with E-state index in [1.54, 1.807) is 0 Å². The summed E-state index contributed by atoms with van der Waals surface area (Å²) in [6.45, 7) is 2.53. The highest BCUT2D eigenvalue weighted by atomic mass is 16.7. The van der Waals surface area contributed by atoms with Gasteiger partial charge >= 0.3 is 5.97 Å². The fraction of sp³-hybridized carbons (Fsp3) is 0.944. The maximum Gasteiger partial charge on any atom is 0.323 e. The molecule has 0 unspecified atom stereocenters. The van der Waals surface area contributed by atoms with Crippen molar-refractivity contribution in [2.75, 3.05) is 13.2 Å². The molecule has 13 nitrogen and oxygen atoms in total. The highest BCUT2D eigenvalue weighted by Crippen LogP contribution is 2.28. The van der Waals surface area contributed by atoms with E-state index in [2.05, 4.69) is 0 Å². The van der Waals surface area contributed by atoms with Crippen molar-refractivity contribution in [3.05, 3.63) is 0 Å². The monoisotopic (exact) mass is 455 g/mol. The standard InChI is InChI=1S/C18H33NO12/c1-6(2)3-7(19)16(26)28-5-9-10(21)11(22)14(25)18(30-9)31-15-8(4-20)29-17(27)13(24)12(15)23/h6-15,17-18,20-25,27H,3-5,19H2,1-2H3/t7-,8+,9+,10-,11-,12+,13+,14+,15+,17-,18-/m0/s1. The lowest BCUT2D eigenvalue weighted by molar-refractivity contribution is -0.355. The average molecular weight is 455 g/mol. The van der Waals surface area contributed by atoms with E-state index >= 15 is 0 Å². The Morgan fingerprint density at radius 3 is 2.16 bits per heavy atom. The lowest BCUT2D eigenvalue weighted by atomic mass is 9.97. The minimum Gasteiger partial charge on any atom is -0.462 e. The predicted octanol–water partition coefficient (Wildman–Crippen LogP) is -4.47. The summed E-state index contributed by atoms with van der Waals surface area (Å²) in [5.41, 5.74) is 5.74. The Morgan fingerprint density at radius 1 is 0.935 bits per heavy atom. The van der Waals surface area contributed by atoms with E-state index < -0.39 is 86.6 Å². The molecule has 0 spiro atoms. The quantitative estimate of drug-likeness (QED) is 0.162. The van der Waals surface area contributed by atoms with Crippen LogP contribution in [0.5, 0.6) is 0 Å². The van der Waals surface area contributed by atoms with Crippen molar-refractivity contribution in [3.63, 3.8) is 0 Å². The summed E-state index contributed by atoms with van der Waals surface area (Å²) < 4.78 is 20.8. The Labute approximate surface area is 178 Å². The third kappa shape index (κ3) is 6.30. The molecule has 2 fully saturated rings. The Bertz CT molecular complexity index is 578. The van der Waals surface area contributed by atoms with Crippen LogP contribution in [0.3, 0.4) is 0 Å². The van der Waals surface area contributed by atoms with Gasteiger partial charge in [-0.05, 0) is 12.3 Å². The van der Waals surface area contributed by atoms with Gasteiger partial charge < -0.3 is 60.4 Å². The molecule has 11 atom stereocenters. The molecule has 0 aromatic heterocycles. The SMILES string of the molecule is CC(C)C[C@H](N)C(=O)OC[C@H]1O[C@@H](O[C@H]2[C@H](O)[C@@H](O)[C@@H](O)O[C@@H]2CO)[C@H](O)[C@@H](O)[C@H]1O. The number of ether oxygens (including phenoxy) is 4. The lowest BCUT2D eigenvalue weighted by Gasteiger charge is -2.45. The van der Waals surface area contributed by atoms with Gasteiger partial charge in [0.25, 0.3) is 0 Å². The first-order valence-corrected chi connectivity index (χ1v) is 10.1. The first-order valence-electron chi connectivity index (χ1n) is 10.1. The van der Waals surface area contributed by atoms with E-state index in [1.807, 2.05) is 13.8 Å². The summed E-state index contributed by atoms with van der Waals surface area (Å²) >= 11 is 0. The number of carbonyl (C=O) groups excluding carboxylic acids is 1. The van der Waals surface area contributed by atoms with E-state index in [1.165, 1.54) is 0 Å². The molecule has 2 aliphatic rings. The number of carbonyl (C=O) groups is 1. The smallest absolute Gasteiger partial charge is 0.323 e. The first kappa shape index (κ1) is 26.3. The van der Waals surface area contributed by atoms with Crippen LogP contribution in [-0.4, -0.2) is 122 Å². The third-order valence-corrected chi connectivity index (χ3v) is 5.22. The van der Waals surface area contributed by atoms with Gasteiger partial charge in [-0.3, -0.25) is 4.79 Å². The summed E-state index contributed by atoms with van der Waals surface area (Å²) in [4.78, 5) is 12.0. The number of hydrogen-bond acceptors (Lipinski definition) is 13. The number of nitrogens with two attached hydrogens (primary N) is 1. The molecule has 0 amide bonds. The molecule has 2 aliphatic heterocycles. The lowest BCUT2D eigenvalue weighted by Crippen LogP contribution is -2.64. The van der Waals surface area contributed by atoms with Gasteiger partial charge in [-0.2, -0.15) is 0 Å². The molecule has 0 bridgehead atoms. The molecule has 2 heterocycles. The van der Waals surface area contributed by atoms with Crippen LogP contribution in [0.1, 0.15) is 20.3 Å². The van der Waals surface area contributed by atoms with Crippen molar-refractivity contribution < 1.29 is 59.5 Å². The van der Waals surface area contributed by atoms with Crippen molar-refractivity contribution in [1.29, 1.82) is 0 Å². The van der Waals surface area contributed by atoms with Crippen molar-refractivity contribution in [2.45, 2.75) is 87.7 Å². The zero-order valence-electron chi connectivity index (χ0n) is 17.3. The third-order valence-electron chi connectivity index (χ3n) is 5.22. The summed E-state index contributed by atoms with van der Waals surface area (Å²) in [7, 11) is 0. The van der Waals surface area contributed by atoms with Crippen molar-refractivity contribution in [3.8, 4) is 0 Å². The van der Waals surface area contributed by atoms with Gasteiger partial charge in [0.05, 0.1) is 6.61 Å². The molecule has 0 aromatic carbocycles. The van der Waals surface area contributed by atoms with E-state index in [9.17, 15) is 40.5 Å². The molecule has 0 aliphatic carbocycles. The number of aliphatic hydroxyl groups is 7. The highest BCUT2D eigenvalue weighted by molar-refractivity contribution is 5.75. The number of esters is 1. The number of hydrogen-bond donors (Lipinski definition) is 8. The molecule has 13 heteroatoms. The van der Waals surface area contributed by atoms with Crippen LogP contribution < -0.4 is 5.73 Å². The fourth-order valence-corrected chi connectivity index (χ4v) is 3.43. The van der Waals surface area contributed by atoms with Crippen molar-refractivity contribution in [1.82, 2.24) is 0 Å². The van der Waals surface area contributed by atoms with Gasteiger partial charge in [0.15, 0.2) is 12.6 Å². The van der Waals surface area contributed by atoms with Crippen LogP contribution in [-0.2, 0) is 23.7 Å². The van der Waals surface area contributed by atoms with Crippen LogP contribution in [0.15, 0.2) is 0 Å². The van der Waals surface area contributed by atoms with Gasteiger partial charge in [-0.15, -0.1) is 0 Å². The summed E-state index contributed by atoms with van der Waals surface area (Å²) in [6, 6.07) is -0.893. The minimum absolute atomic E-state index is 0.145. The van der Waals surface area contributed by atoms with Crippen LogP contribution in [0, 0.1) is 5.92 Å². The second-order valence-electron chi connectivity index (χ2n) is 8.21. The molecule has 2 rings (SSSR count). The Balaban J connectivity index is 2.04. The number of rotatable bonds is 8. The van der Waals surface area contributed by atoms with Crippen LogP contribution in [0.2, 0.25) is 0 Å². The normalized spacial score (nSPS) is 42.4. The summed E-state index contributed by atoms with van der Waals surface area (Å²) in [6.07, 6.45) is -15.8. The van der Waals surface area contributed by atoms with E-state index in [0.717, 1.165) is 0 Å². The Hall–Kier alpha value is -0.970. The van der Waals surface area contributed by atoms with Crippen LogP contribution in [0.4, 0.5) is 0 Å². The van der Waals surface area contributed by atoms with Gasteiger partial charge in [-0.25, -0.2) is 0 Å². The van der Waals surface area contributed by atoms with Gasteiger partial charge in [-0.1, -0.05) is 13.8 Å². The van der Waals surface area contributed by atoms with Gasteiger partial charge in [0.2, 0.25) is 0 Å².